The van der Waals surface area contributed by atoms with Crippen LogP contribution >= 0.6 is 0 Å². The summed E-state index contributed by atoms with van der Waals surface area (Å²) in [6.07, 6.45) is 0.527. The van der Waals surface area contributed by atoms with E-state index in [1.54, 1.807) is 6.92 Å². The van der Waals surface area contributed by atoms with Gasteiger partial charge in [-0.05, 0) is 6.42 Å². The van der Waals surface area contributed by atoms with Gasteiger partial charge in [0.05, 0.1) is 0 Å². The van der Waals surface area contributed by atoms with E-state index < -0.39 is 16.9 Å². The Morgan fingerprint density at radius 2 is 2.20 bits per heavy atom. The van der Waals surface area contributed by atoms with E-state index in [0.717, 1.165) is 0 Å². The van der Waals surface area contributed by atoms with Gasteiger partial charge < -0.3 is 10.9 Å². The Morgan fingerprint density at radius 3 is 2.47 bits per heavy atom. The Hall–Kier alpha value is -1.66. The van der Waals surface area contributed by atoms with E-state index >= 15 is 0 Å². The van der Waals surface area contributed by atoms with E-state index in [4.69, 9.17) is 10.9 Å². The first-order valence-electron chi connectivity index (χ1n) is 4.58. The molecule has 2 atom stereocenters. The lowest BCUT2D eigenvalue weighted by atomic mass is 9.92. The van der Waals surface area contributed by atoms with Crippen LogP contribution in [0.25, 0.3) is 0 Å². The van der Waals surface area contributed by atoms with Gasteiger partial charge in [-0.15, -0.1) is 0 Å². The molecular formula is C8H15N3O4. The lowest BCUT2D eigenvalue weighted by molar-refractivity contribution is -0.527. The van der Waals surface area contributed by atoms with Crippen LogP contribution in [0.2, 0.25) is 0 Å². The Labute approximate surface area is 87.1 Å². The van der Waals surface area contributed by atoms with Crippen LogP contribution in [0.3, 0.4) is 0 Å². The average molecular weight is 217 g/mol. The molecule has 15 heavy (non-hydrogen) atoms. The van der Waals surface area contributed by atoms with Crippen LogP contribution in [0.4, 0.5) is 0 Å². The number of hydrogen-bond donors (Lipinski definition) is 2. The summed E-state index contributed by atoms with van der Waals surface area (Å²) in [6, 6.07) is -0.800. The second-order valence-corrected chi connectivity index (χ2v) is 3.31. The zero-order valence-electron chi connectivity index (χ0n) is 8.71. The minimum absolute atomic E-state index is 0.0183. The molecule has 7 heteroatoms. The summed E-state index contributed by atoms with van der Waals surface area (Å²) in [5, 5.41) is 21.7. The van der Waals surface area contributed by atoms with E-state index in [-0.39, 0.29) is 18.1 Å². The van der Waals surface area contributed by atoms with Gasteiger partial charge in [-0.2, -0.15) is 0 Å². The summed E-state index contributed by atoms with van der Waals surface area (Å²) < 4.78 is 0. The van der Waals surface area contributed by atoms with Crippen molar-refractivity contribution in [3.63, 3.8) is 0 Å². The van der Waals surface area contributed by atoms with Crippen LogP contribution in [0.15, 0.2) is 5.16 Å². The molecule has 0 rings (SSSR count). The fourth-order valence-electron chi connectivity index (χ4n) is 1.27. The number of rotatable bonds is 6. The molecule has 0 aromatic rings. The normalized spacial score (nSPS) is 15.7. The van der Waals surface area contributed by atoms with Crippen molar-refractivity contribution < 1.29 is 14.9 Å². The van der Waals surface area contributed by atoms with Gasteiger partial charge in [-0.25, -0.2) is 0 Å². The van der Waals surface area contributed by atoms with Gasteiger partial charge in [0.2, 0.25) is 6.04 Å². The van der Waals surface area contributed by atoms with Gasteiger partial charge in [-0.3, -0.25) is 14.9 Å². The Morgan fingerprint density at radius 1 is 1.67 bits per heavy atom. The molecule has 3 N–H and O–H groups in total. The Bertz CT molecular complexity index is 277. The van der Waals surface area contributed by atoms with Gasteiger partial charge in [0, 0.05) is 24.2 Å². The molecule has 0 spiro atoms. The highest BCUT2D eigenvalue weighted by Gasteiger charge is 2.27. The number of carbonyl (C=O) groups is 1. The summed E-state index contributed by atoms with van der Waals surface area (Å²) in [6.45, 7) is 3.21. The van der Waals surface area contributed by atoms with Crippen LogP contribution in [0, 0.1) is 16.0 Å². The van der Waals surface area contributed by atoms with Crippen molar-refractivity contribution in [3.8, 4) is 0 Å². The van der Waals surface area contributed by atoms with E-state index in [1.165, 1.54) is 6.92 Å². The third-order valence-electron chi connectivity index (χ3n) is 2.40. The molecule has 0 aromatic heterocycles. The number of nitro groups is 1. The third-order valence-corrected chi connectivity index (χ3v) is 2.40. The van der Waals surface area contributed by atoms with Crippen molar-refractivity contribution in [3.05, 3.63) is 10.1 Å². The van der Waals surface area contributed by atoms with Gasteiger partial charge in [0.15, 0.2) is 0 Å². The summed E-state index contributed by atoms with van der Waals surface area (Å²) in [5.74, 6) is -1.22. The monoisotopic (exact) mass is 217 g/mol. The zero-order valence-corrected chi connectivity index (χ0v) is 8.71. The second kappa shape index (κ2) is 5.94. The maximum absolute atomic E-state index is 10.7. The molecular weight excluding hydrogens is 202 g/mol. The van der Waals surface area contributed by atoms with E-state index in [1.807, 2.05) is 0 Å². The highest BCUT2D eigenvalue weighted by molar-refractivity contribution is 6.38. The van der Waals surface area contributed by atoms with Crippen LogP contribution < -0.4 is 5.73 Å². The van der Waals surface area contributed by atoms with Crippen molar-refractivity contribution >= 4 is 11.6 Å². The fourth-order valence-corrected chi connectivity index (χ4v) is 1.27. The molecule has 7 nitrogen and oxygen atoms in total. The number of oxime groups is 1. The molecule has 0 bridgehead atoms. The largest absolute Gasteiger partial charge is 0.410 e. The molecule has 86 valence electrons. The molecule has 2 unspecified atom stereocenters. The number of primary amides is 1. The first-order chi connectivity index (χ1) is 6.93. The number of nitrogens with two attached hydrogens (primary N) is 1. The number of nitrogens with zero attached hydrogens (tertiary/aromatic N) is 2. The molecule has 0 aliphatic rings. The quantitative estimate of drug-likeness (QED) is 0.289. The van der Waals surface area contributed by atoms with Crippen LogP contribution in [0.1, 0.15) is 26.7 Å². The number of hydrogen-bond acceptors (Lipinski definition) is 5. The minimum Gasteiger partial charge on any atom is -0.410 e. The standard InChI is InChI=1S/C8H15N3O4/c1-3-6(5(2)11(14)15)4-7(10-13)8(9)12/h5-6,13H,3-4H2,1-2H3,(H2,9,12)/b10-7+. The second-order valence-electron chi connectivity index (χ2n) is 3.31. The van der Waals surface area contributed by atoms with Gasteiger partial charge in [0.1, 0.15) is 5.71 Å². The topological polar surface area (TPSA) is 119 Å². The van der Waals surface area contributed by atoms with E-state index in [2.05, 4.69) is 5.16 Å². The van der Waals surface area contributed by atoms with Gasteiger partial charge >= 0.3 is 0 Å². The van der Waals surface area contributed by atoms with Crippen molar-refractivity contribution in [1.29, 1.82) is 0 Å². The maximum atomic E-state index is 10.7. The lowest BCUT2D eigenvalue weighted by Crippen LogP contribution is -2.32. The summed E-state index contributed by atoms with van der Waals surface area (Å²) in [7, 11) is 0. The van der Waals surface area contributed by atoms with Crippen LogP contribution in [-0.4, -0.2) is 27.8 Å². The predicted molar refractivity (Wildman–Crippen MR) is 53.3 cm³/mol. The molecule has 0 heterocycles. The van der Waals surface area contributed by atoms with Crippen LogP contribution in [0.5, 0.6) is 0 Å². The van der Waals surface area contributed by atoms with E-state index in [9.17, 15) is 14.9 Å². The average Bonchev–Trinajstić information content (AvgIpc) is 2.18. The highest BCUT2D eigenvalue weighted by atomic mass is 16.6. The molecule has 0 fully saturated rings. The molecule has 1 amide bonds. The van der Waals surface area contributed by atoms with Crippen molar-refractivity contribution in [2.75, 3.05) is 0 Å². The highest BCUT2D eigenvalue weighted by Crippen LogP contribution is 2.16. The summed E-state index contributed by atoms with van der Waals surface area (Å²) in [5.41, 5.74) is 4.70. The molecule has 0 aromatic carbocycles. The molecule has 0 saturated heterocycles. The fraction of sp³-hybridized carbons (Fsp3) is 0.750. The number of carbonyl (C=O) groups excluding carboxylic acids is 1. The smallest absolute Gasteiger partial charge is 0.266 e. The van der Waals surface area contributed by atoms with Crippen molar-refractivity contribution in [2.24, 2.45) is 16.8 Å². The lowest BCUT2D eigenvalue weighted by Gasteiger charge is -2.15. The van der Waals surface area contributed by atoms with Crippen molar-refractivity contribution in [1.82, 2.24) is 0 Å². The molecule has 0 aliphatic carbocycles. The summed E-state index contributed by atoms with van der Waals surface area (Å²) >= 11 is 0. The van der Waals surface area contributed by atoms with Crippen molar-refractivity contribution in [2.45, 2.75) is 32.7 Å². The van der Waals surface area contributed by atoms with Gasteiger partial charge in [-0.1, -0.05) is 12.1 Å². The number of amides is 1. The molecule has 0 aliphatic heterocycles. The third kappa shape index (κ3) is 3.92. The van der Waals surface area contributed by atoms with Gasteiger partial charge in [0.25, 0.3) is 5.91 Å². The minimum atomic E-state index is -0.855. The zero-order chi connectivity index (χ0) is 12.0. The Kier molecular flexibility index (Phi) is 5.29. The Balaban J connectivity index is 4.58. The maximum Gasteiger partial charge on any atom is 0.266 e. The summed E-state index contributed by atoms with van der Waals surface area (Å²) in [4.78, 5) is 20.8. The molecule has 0 radical (unpaired) electrons. The van der Waals surface area contributed by atoms with Crippen LogP contribution in [-0.2, 0) is 4.79 Å². The SMILES string of the molecule is CCC(C/C(=N\O)C(N)=O)C(C)[N+](=O)[O-]. The first-order valence-corrected chi connectivity index (χ1v) is 4.58. The predicted octanol–water partition coefficient (Wildman–Crippen LogP) is 0.383. The first kappa shape index (κ1) is 13.3. The van der Waals surface area contributed by atoms with E-state index in [0.29, 0.717) is 6.42 Å². The molecule has 0 saturated carbocycles.